The third kappa shape index (κ3) is 26.0. The van der Waals surface area contributed by atoms with Crippen LogP contribution in [0.4, 0.5) is 0 Å². The van der Waals surface area contributed by atoms with Crippen molar-refractivity contribution < 1.29 is 37.9 Å². The van der Waals surface area contributed by atoms with Crippen molar-refractivity contribution in [1.29, 1.82) is 0 Å². The summed E-state index contributed by atoms with van der Waals surface area (Å²) in [6, 6.07) is 21.5. The average Bonchev–Trinajstić information content (AvgIpc) is 1.13. The Morgan fingerprint density at radius 1 is 0.286 bits per heavy atom. The Morgan fingerprint density at radius 3 is 0.747 bits per heavy atom. The van der Waals surface area contributed by atoms with Gasteiger partial charge in [0.25, 0.3) is 0 Å². The number of para-hydroxylation sites is 1. The Morgan fingerprint density at radius 2 is 0.505 bits per heavy atom. The Bertz CT molecular complexity index is 2470. The van der Waals surface area contributed by atoms with Gasteiger partial charge in [-0.15, -0.1) is 0 Å². The molecule has 508 valence electrons. The predicted octanol–water partition coefficient (Wildman–Crippen LogP) is 8.52. The van der Waals surface area contributed by atoms with Gasteiger partial charge in [-0.1, -0.05) is 54.6 Å². The van der Waals surface area contributed by atoms with E-state index < -0.39 is 0 Å². The Kier molecular flexibility index (Phi) is 34.6. The maximum Gasteiger partial charge on any atom is 0.126 e. The molecule has 3 heterocycles. The van der Waals surface area contributed by atoms with Gasteiger partial charge in [-0.05, 0) is 264 Å². The van der Waals surface area contributed by atoms with Gasteiger partial charge in [0.1, 0.15) is 49.4 Å². The second-order valence-electron chi connectivity index (χ2n) is 25.0. The van der Waals surface area contributed by atoms with E-state index in [1.54, 1.807) is 0 Å². The van der Waals surface area contributed by atoms with E-state index in [4.69, 9.17) is 37.9 Å². The van der Waals surface area contributed by atoms with Crippen LogP contribution in [0.25, 0.3) is 0 Å². The first-order valence-corrected chi connectivity index (χ1v) is 35.8. The molecule has 8 rings (SSSR count). The molecule has 4 aliphatic rings. The van der Waals surface area contributed by atoms with Crippen molar-refractivity contribution in [1.82, 2.24) is 46.6 Å². The molecule has 0 aromatic heterocycles. The zero-order valence-corrected chi connectivity index (χ0v) is 56.8. The van der Waals surface area contributed by atoms with Crippen molar-refractivity contribution in [2.75, 3.05) is 197 Å². The number of ether oxygens (including phenoxy) is 8. The number of hydrogen-bond donors (Lipinski definition) is 6. The molecule has 3 aliphatic heterocycles. The van der Waals surface area contributed by atoms with Crippen LogP contribution < -0.4 is 50.8 Å². The number of nitrogens with one attached hydrogen (secondary N) is 6. The normalized spacial score (nSPS) is 18.3. The molecule has 8 bridgehead atoms. The molecule has 3 saturated heterocycles. The SMILES string of the molecule is CCOCCOc1c2cccc1Cc1cc(CN3CCCNCCCNCCC3)cc(c1OCCOCC)Cc1cc(CN3CCCNCCCNCCC3)cc(c1OCCOCC)Cc1cc(CN3CCCNCCCNCCC3)cc(c1OCCOCC)C2. The number of nitrogens with zero attached hydrogens (tertiary/aromatic N) is 3. The summed E-state index contributed by atoms with van der Waals surface area (Å²) < 4.78 is 53.0. The lowest BCUT2D eigenvalue weighted by atomic mass is 9.88. The van der Waals surface area contributed by atoms with Crippen molar-refractivity contribution in [3.05, 3.63) is 116 Å². The molecule has 1 aliphatic carbocycles. The zero-order valence-electron chi connectivity index (χ0n) is 56.8. The molecule has 0 radical (unpaired) electrons. The fourth-order valence-corrected chi connectivity index (χ4v) is 13.3. The minimum Gasteiger partial charge on any atom is -0.491 e. The molecule has 0 saturated carbocycles. The standard InChI is InChI=1S/C74H119N9O8/c1-5-84-39-43-88-71-63-19-9-20-64(71)54-66-48-61(58-82-35-15-29-77-23-11-24-78-30-16-36-82)50-68(73(66)90-45-41-86-7-3)56-70-52-62(59-83-37-17-31-79-25-12-26-80-32-18-38-83)51-69(74(70)91-46-42-87-8-4)55-67-49-60(47-65(53-63)72(67)89-44-40-85-6-2)57-81-33-13-27-75-21-10-22-76-28-14-34-81/h9,19-20,47-52,75-80H,5-8,10-18,21-46,53-59H2,1-4H3. The second-order valence-corrected chi connectivity index (χ2v) is 25.0. The quantitative estimate of drug-likeness (QED) is 0.0293. The fourth-order valence-electron chi connectivity index (χ4n) is 13.3. The summed E-state index contributed by atoms with van der Waals surface area (Å²) in [5.41, 5.74) is 12.9. The van der Waals surface area contributed by atoms with Gasteiger partial charge in [0.05, 0.1) is 26.4 Å². The summed E-state index contributed by atoms with van der Waals surface area (Å²) in [6.07, 6.45) is 12.4. The molecule has 0 atom stereocenters. The van der Waals surface area contributed by atoms with Crippen LogP contribution in [0.15, 0.2) is 54.6 Å². The maximum absolute atomic E-state index is 7.30. The van der Waals surface area contributed by atoms with E-state index in [2.05, 4.69) is 122 Å². The molecule has 0 amide bonds. The third-order valence-electron chi connectivity index (χ3n) is 17.6. The molecular formula is C74H119N9O8. The molecule has 6 N–H and O–H groups in total. The largest absolute Gasteiger partial charge is 0.491 e. The van der Waals surface area contributed by atoms with Crippen LogP contribution in [-0.4, -0.2) is 212 Å². The molecule has 3 fully saturated rings. The Hall–Kier alpha value is -4.44. The van der Waals surface area contributed by atoms with E-state index in [0.717, 1.165) is 263 Å². The van der Waals surface area contributed by atoms with E-state index in [1.807, 2.05) is 6.92 Å². The molecule has 0 spiro atoms. The van der Waals surface area contributed by atoms with E-state index >= 15 is 0 Å². The van der Waals surface area contributed by atoms with Gasteiger partial charge in [0, 0.05) is 71.7 Å². The van der Waals surface area contributed by atoms with E-state index in [9.17, 15) is 0 Å². The smallest absolute Gasteiger partial charge is 0.126 e. The van der Waals surface area contributed by atoms with Crippen molar-refractivity contribution in [2.45, 2.75) is 131 Å². The molecule has 17 heteroatoms. The highest BCUT2D eigenvalue weighted by Gasteiger charge is 2.26. The predicted molar refractivity (Wildman–Crippen MR) is 370 cm³/mol. The zero-order chi connectivity index (χ0) is 63.2. The van der Waals surface area contributed by atoms with Gasteiger partial charge < -0.3 is 69.8 Å². The first-order valence-electron chi connectivity index (χ1n) is 35.8. The Balaban J connectivity index is 1.36. The third-order valence-corrected chi connectivity index (χ3v) is 17.6. The minimum absolute atomic E-state index is 0.420. The molecule has 91 heavy (non-hydrogen) atoms. The highest BCUT2D eigenvalue weighted by molar-refractivity contribution is 5.58. The van der Waals surface area contributed by atoms with Gasteiger partial charge in [-0.2, -0.15) is 0 Å². The van der Waals surface area contributed by atoms with Crippen LogP contribution in [0.5, 0.6) is 23.0 Å². The second kappa shape index (κ2) is 43.5. The number of rotatable bonds is 26. The first kappa shape index (κ1) is 72.4. The van der Waals surface area contributed by atoms with Gasteiger partial charge in [-0.25, -0.2) is 0 Å². The first-order chi connectivity index (χ1) is 45.0. The lowest BCUT2D eigenvalue weighted by Gasteiger charge is -2.27. The van der Waals surface area contributed by atoms with Crippen molar-refractivity contribution >= 4 is 0 Å². The lowest BCUT2D eigenvalue weighted by Crippen LogP contribution is -2.32. The summed E-state index contributed by atoms with van der Waals surface area (Å²) in [5.74, 6) is 3.63. The highest BCUT2D eigenvalue weighted by atomic mass is 16.5. The topological polar surface area (TPSA) is 156 Å². The molecule has 17 nitrogen and oxygen atoms in total. The molecule has 4 aromatic rings. The number of fused-ring (bicyclic) bond motifs is 8. The van der Waals surface area contributed by atoms with Crippen LogP contribution in [0.2, 0.25) is 0 Å². The maximum atomic E-state index is 7.30. The van der Waals surface area contributed by atoms with Crippen molar-refractivity contribution in [3.8, 4) is 23.0 Å². The van der Waals surface area contributed by atoms with Crippen LogP contribution >= 0.6 is 0 Å². The summed E-state index contributed by atoms with van der Waals surface area (Å²) in [7, 11) is 0. The molecule has 0 unspecified atom stereocenters. The summed E-state index contributed by atoms with van der Waals surface area (Å²) in [5, 5.41) is 22.3. The van der Waals surface area contributed by atoms with Gasteiger partial charge in [0.15, 0.2) is 0 Å². The highest BCUT2D eigenvalue weighted by Crippen LogP contribution is 2.41. The van der Waals surface area contributed by atoms with Crippen molar-refractivity contribution in [2.24, 2.45) is 0 Å². The lowest BCUT2D eigenvalue weighted by molar-refractivity contribution is 0.108. The molecule has 4 aromatic carbocycles. The number of benzene rings is 4. The van der Waals surface area contributed by atoms with Crippen LogP contribution in [0.3, 0.4) is 0 Å². The van der Waals surface area contributed by atoms with E-state index in [1.165, 1.54) is 16.7 Å². The summed E-state index contributed by atoms with van der Waals surface area (Å²) in [4.78, 5) is 8.03. The van der Waals surface area contributed by atoms with Gasteiger partial charge in [0.2, 0.25) is 0 Å². The molecular weight excluding hydrogens is 1140 g/mol. The van der Waals surface area contributed by atoms with Crippen LogP contribution in [0.1, 0.15) is 147 Å². The monoisotopic (exact) mass is 1260 g/mol. The van der Waals surface area contributed by atoms with E-state index in [0.29, 0.717) is 105 Å². The minimum atomic E-state index is 0.420. The van der Waals surface area contributed by atoms with Crippen LogP contribution in [0, 0.1) is 0 Å². The fraction of sp³-hybridized carbons (Fsp3) is 0.676. The van der Waals surface area contributed by atoms with Gasteiger partial charge >= 0.3 is 0 Å². The average molecular weight is 1260 g/mol. The van der Waals surface area contributed by atoms with Crippen molar-refractivity contribution in [3.63, 3.8) is 0 Å². The van der Waals surface area contributed by atoms with Gasteiger partial charge in [-0.3, -0.25) is 14.7 Å². The summed E-state index contributed by atoms with van der Waals surface area (Å²) in [6.45, 7) is 35.2. The van der Waals surface area contributed by atoms with E-state index in [-0.39, 0.29) is 0 Å². The Labute approximate surface area is 548 Å². The summed E-state index contributed by atoms with van der Waals surface area (Å²) >= 11 is 0. The number of hydrogen-bond acceptors (Lipinski definition) is 17. The van der Waals surface area contributed by atoms with Crippen LogP contribution in [-0.2, 0) is 64.3 Å².